The van der Waals surface area contributed by atoms with Gasteiger partial charge in [-0.3, -0.25) is 0 Å². The van der Waals surface area contributed by atoms with Gasteiger partial charge in [0.1, 0.15) is 5.82 Å². The minimum Gasteiger partial charge on any atom is -0.370 e. The molecule has 0 unspecified atom stereocenters. The highest BCUT2D eigenvalue weighted by molar-refractivity contribution is 7.98. The Hall–Kier alpha value is -1.75. The van der Waals surface area contributed by atoms with Gasteiger partial charge >= 0.3 is 5.69 Å². The number of H-pyrrole nitrogens is 1. The zero-order valence-corrected chi connectivity index (χ0v) is 12.2. The van der Waals surface area contributed by atoms with Crippen molar-refractivity contribution in [1.29, 1.82) is 0 Å². The van der Waals surface area contributed by atoms with Crippen molar-refractivity contribution in [2.75, 3.05) is 18.1 Å². The summed E-state index contributed by atoms with van der Waals surface area (Å²) in [6.07, 6.45) is 5.22. The number of thioether (sulfide) groups is 1. The van der Waals surface area contributed by atoms with Crippen molar-refractivity contribution in [2.45, 2.75) is 24.2 Å². The van der Waals surface area contributed by atoms with Crippen LogP contribution >= 0.6 is 11.8 Å². The molecule has 2 aromatic rings. The van der Waals surface area contributed by atoms with Gasteiger partial charge in [-0.15, -0.1) is 11.8 Å². The van der Waals surface area contributed by atoms with Crippen molar-refractivity contribution in [1.82, 2.24) is 9.97 Å². The van der Waals surface area contributed by atoms with E-state index in [2.05, 4.69) is 33.7 Å². The third-order valence-corrected chi connectivity index (χ3v) is 4.35. The Morgan fingerprint density at radius 2 is 2.10 bits per heavy atom. The van der Waals surface area contributed by atoms with E-state index in [-0.39, 0.29) is 5.69 Å². The quantitative estimate of drug-likeness (QED) is 0.834. The van der Waals surface area contributed by atoms with Gasteiger partial charge in [0, 0.05) is 22.6 Å². The van der Waals surface area contributed by atoms with Crippen molar-refractivity contribution in [3.8, 4) is 11.3 Å². The third-order valence-electron chi connectivity index (χ3n) is 3.56. The number of aromatic amines is 1. The van der Waals surface area contributed by atoms with Crippen LogP contribution in [-0.2, 0) is 6.42 Å². The number of aromatic nitrogens is 2. The van der Waals surface area contributed by atoms with Crippen LogP contribution in [0.4, 0.5) is 5.82 Å². The lowest BCUT2D eigenvalue weighted by atomic mass is 10.0. The summed E-state index contributed by atoms with van der Waals surface area (Å²) in [5, 5.41) is 3.28. The first-order chi connectivity index (χ1) is 9.79. The number of benzene rings is 1. The molecular formula is C15H17N3OS. The van der Waals surface area contributed by atoms with Crippen molar-refractivity contribution < 1.29 is 0 Å². The molecular weight excluding hydrogens is 270 g/mol. The third kappa shape index (κ3) is 2.45. The maximum Gasteiger partial charge on any atom is 0.347 e. The van der Waals surface area contributed by atoms with Crippen LogP contribution < -0.4 is 11.0 Å². The predicted octanol–water partition coefficient (Wildman–Crippen LogP) is 2.91. The summed E-state index contributed by atoms with van der Waals surface area (Å²) in [7, 11) is 0. The molecule has 0 atom stereocenters. The molecule has 0 radical (unpaired) electrons. The number of hydrogen-bond donors (Lipinski definition) is 2. The molecule has 1 aromatic heterocycles. The van der Waals surface area contributed by atoms with Crippen LogP contribution in [0.5, 0.6) is 0 Å². The normalized spacial score (nSPS) is 14.2. The van der Waals surface area contributed by atoms with Crippen LogP contribution in [0.15, 0.2) is 34.0 Å². The van der Waals surface area contributed by atoms with E-state index < -0.39 is 0 Å². The summed E-state index contributed by atoms with van der Waals surface area (Å²) in [5.74, 6) is 0.747. The van der Waals surface area contributed by atoms with Crippen molar-refractivity contribution in [3.63, 3.8) is 0 Å². The molecule has 4 nitrogen and oxygen atoms in total. The second-order valence-electron chi connectivity index (χ2n) is 4.83. The van der Waals surface area contributed by atoms with Crippen LogP contribution in [0.1, 0.15) is 18.4 Å². The minimum atomic E-state index is -0.288. The molecule has 0 amide bonds. The summed E-state index contributed by atoms with van der Waals surface area (Å²) >= 11 is 1.69. The van der Waals surface area contributed by atoms with Crippen LogP contribution in [0.3, 0.4) is 0 Å². The molecule has 0 bridgehead atoms. The number of nitrogens with zero attached hydrogens (tertiary/aromatic N) is 1. The molecule has 0 fully saturated rings. The average Bonchev–Trinajstić information content (AvgIpc) is 2.71. The molecule has 0 aliphatic carbocycles. The fraction of sp³-hybridized carbons (Fsp3) is 0.333. The van der Waals surface area contributed by atoms with Gasteiger partial charge in [-0.05, 0) is 31.6 Å². The molecule has 2 heterocycles. The molecule has 1 aromatic carbocycles. The smallest absolute Gasteiger partial charge is 0.347 e. The van der Waals surface area contributed by atoms with Crippen LogP contribution in [-0.4, -0.2) is 22.8 Å². The SMILES string of the molecule is CSc1ccccc1-c1[nH]c(=O)nc2c1CCCCN2. The second-order valence-corrected chi connectivity index (χ2v) is 5.68. The highest BCUT2D eigenvalue weighted by Crippen LogP contribution is 2.33. The average molecular weight is 287 g/mol. The fourth-order valence-corrected chi connectivity index (χ4v) is 3.21. The second kappa shape index (κ2) is 5.71. The lowest BCUT2D eigenvalue weighted by molar-refractivity contribution is 0.784. The molecule has 0 spiro atoms. The Labute approximate surface area is 122 Å². The number of nitrogens with one attached hydrogen (secondary N) is 2. The lowest BCUT2D eigenvalue weighted by Crippen LogP contribution is -2.17. The molecule has 5 heteroatoms. The molecule has 20 heavy (non-hydrogen) atoms. The Morgan fingerprint density at radius 3 is 2.95 bits per heavy atom. The first kappa shape index (κ1) is 13.2. The predicted molar refractivity (Wildman–Crippen MR) is 83.5 cm³/mol. The van der Waals surface area contributed by atoms with Gasteiger partial charge in [-0.2, -0.15) is 4.98 Å². The summed E-state index contributed by atoms with van der Waals surface area (Å²) < 4.78 is 0. The van der Waals surface area contributed by atoms with E-state index in [0.29, 0.717) is 0 Å². The maximum atomic E-state index is 11.8. The lowest BCUT2D eigenvalue weighted by Gasteiger charge is -2.13. The van der Waals surface area contributed by atoms with Gasteiger partial charge in [-0.25, -0.2) is 4.79 Å². The first-order valence-electron chi connectivity index (χ1n) is 6.80. The monoisotopic (exact) mass is 287 g/mol. The summed E-state index contributed by atoms with van der Waals surface area (Å²) in [4.78, 5) is 20.0. The zero-order valence-electron chi connectivity index (χ0n) is 11.4. The van der Waals surface area contributed by atoms with Gasteiger partial charge in [0.25, 0.3) is 0 Å². The Bertz CT molecular complexity index is 681. The number of anilines is 1. The van der Waals surface area contributed by atoms with Gasteiger partial charge in [0.2, 0.25) is 0 Å². The van der Waals surface area contributed by atoms with E-state index in [9.17, 15) is 4.79 Å². The number of rotatable bonds is 2. The van der Waals surface area contributed by atoms with Crippen molar-refractivity contribution >= 4 is 17.6 Å². The molecule has 1 aliphatic rings. The molecule has 0 saturated carbocycles. The van der Waals surface area contributed by atoms with Gasteiger partial charge in [0.15, 0.2) is 0 Å². The first-order valence-corrected chi connectivity index (χ1v) is 8.02. The Kier molecular flexibility index (Phi) is 3.78. The van der Waals surface area contributed by atoms with Crippen LogP contribution in [0, 0.1) is 0 Å². The van der Waals surface area contributed by atoms with E-state index >= 15 is 0 Å². The van der Waals surface area contributed by atoms with Crippen molar-refractivity contribution in [3.05, 3.63) is 40.3 Å². The molecule has 1 aliphatic heterocycles. The van der Waals surface area contributed by atoms with E-state index in [1.54, 1.807) is 11.8 Å². The molecule has 3 rings (SSSR count). The molecule has 2 N–H and O–H groups in total. The minimum absolute atomic E-state index is 0.288. The highest BCUT2D eigenvalue weighted by atomic mass is 32.2. The van der Waals surface area contributed by atoms with E-state index in [1.165, 1.54) is 4.90 Å². The standard InChI is InChI=1S/C15H17N3OS/c1-20-12-8-3-2-6-10(12)13-11-7-4-5-9-16-14(11)18-15(19)17-13/h2-3,6,8H,4-5,7,9H2,1H3,(H2,16,17,18,19). The van der Waals surface area contributed by atoms with Gasteiger partial charge < -0.3 is 10.3 Å². The molecule has 0 saturated heterocycles. The topological polar surface area (TPSA) is 57.8 Å². The van der Waals surface area contributed by atoms with Crippen molar-refractivity contribution in [2.24, 2.45) is 0 Å². The number of fused-ring (bicyclic) bond motifs is 1. The highest BCUT2D eigenvalue weighted by Gasteiger charge is 2.17. The van der Waals surface area contributed by atoms with E-state index in [1.807, 2.05) is 12.1 Å². The van der Waals surface area contributed by atoms with Crippen LogP contribution in [0.25, 0.3) is 11.3 Å². The van der Waals surface area contributed by atoms with Gasteiger partial charge in [-0.1, -0.05) is 18.2 Å². The Morgan fingerprint density at radius 1 is 1.25 bits per heavy atom. The summed E-state index contributed by atoms with van der Waals surface area (Å²) in [6.45, 7) is 0.882. The van der Waals surface area contributed by atoms with Crippen LogP contribution in [0.2, 0.25) is 0 Å². The largest absolute Gasteiger partial charge is 0.370 e. The Balaban J connectivity index is 2.23. The maximum absolute atomic E-state index is 11.8. The summed E-state index contributed by atoms with van der Waals surface area (Å²) in [6, 6.07) is 8.16. The fourth-order valence-electron chi connectivity index (χ4n) is 2.60. The zero-order chi connectivity index (χ0) is 13.9. The van der Waals surface area contributed by atoms with Gasteiger partial charge in [0.05, 0.1) is 5.69 Å². The van der Waals surface area contributed by atoms with E-state index in [4.69, 9.17) is 0 Å². The number of hydrogen-bond acceptors (Lipinski definition) is 4. The summed E-state index contributed by atoms with van der Waals surface area (Å²) in [5.41, 5.74) is 2.84. The molecule has 104 valence electrons. The van der Waals surface area contributed by atoms with E-state index in [0.717, 1.165) is 48.4 Å².